The molecule has 1 amide bonds. The first-order valence-electron chi connectivity index (χ1n) is 7.13. The molecule has 0 aromatic heterocycles. The van der Waals surface area contributed by atoms with Crippen LogP contribution in [0.3, 0.4) is 0 Å². The van der Waals surface area contributed by atoms with E-state index in [1.54, 1.807) is 13.2 Å². The Morgan fingerprint density at radius 3 is 2.45 bits per heavy atom. The van der Waals surface area contributed by atoms with Crippen LogP contribution in [-0.2, 0) is 10.2 Å². The fraction of sp³-hybridized carbons (Fsp3) is 0.562. The van der Waals surface area contributed by atoms with E-state index < -0.39 is 17.1 Å². The second kappa shape index (κ2) is 7.20. The minimum absolute atomic E-state index is 0.290. The van der Waals surface area contributed by atoms with E-state index in [9.17, 15) is 4.79 Å². The zero-order valence-corrected chi connectivity index (χ0v) is 14.6. The van der Waals surface area contributed by atoms with Crippen molar-refractivity contribution in [3.05, 3.63) is 28.8 Å². The molecule has 3 N–H and O–H groups in total. The molecule has 6 heteroatoms. The Balaban J connectivity index is 2.96. The molecule has 1 atom stereocenters. The molecule has 0 aliphatic heterocycles. The van der Waals surface area contributed by atoms with E-state index in [0.29, 0.717) is 23.9 Å². The maximum absolute atomic E-state index is 11.9. The van der Waals surface area contributed by atoms with E-state index in [1.165, 1.54) is 0 Å². The van der Waals surface area contributed by atoms with Gasteiger partial charge in [0.1, 0.15) is 11.4 Å². The van der Waals surface area contributed by atoms with Crippen LogP contribution >= 0.6 is 11.6 Å². The van der Waals surface area contributed by atoms with E-state index in [4.69, 9.17) is 26.8 Å². The van der Waals surface area contributed by atoms with Gasteiger partial charge in [0.25, 0.3) is 0 Å². The minimum Gasteiger partial charge on any atom is -0.496 e. The Labute approximate surface area is 137 Å². The van der Waals surface area contributed by atoms with Gasteiger partial charge in [0, 0.05) is 29.1 Å². The predicted octanol–water partition coefficient (Wildman–Crippen LogP) is 3.09. The van der Waals surface area contributed by atoms with Crippen molar-refractivity contribution in [3.8, 4) is 5.75 Å². The van der Waals surface area contributed by atoms with E-state index >= 15 is 0 Å². The Morgan fingerprint density at radius 1 is 1.32 bits per heavy atom. The molecule has 0 saturated heterocycles. The highest BCUT2D eigenvalue weighted by atomic mass is 35.5. The third-order valence-corrected chi connectivity index (χ3v) is 3.59. The number of halogens is 1. The second-order valence-corrected chi connectivity index (χ2v) is 6.84. The normalized spacial score (nSPS) is 14.1. The average Bonchev–Trinajstić information content (AvgIpc) is 2.42. The summed E-state index contributed by atoms with van der Waals surface area (Å²) in [5, 5.41) is 3.31. The number of nitrogens with two attached hydrogens (primary N) is 1. The minimum atomic E-state index is -0.569. The van der Waals surface area contributed by atoms with Crippen molar-refractivity contribution in [2.75, 3.05) is 20.2 Å². The zero-order valence-electron chi connectivity index (χ0n) is 13.8. The summed E-state index contributed by atoms with van der Waals surface area (Å²) in [6, 6.07) is 5.41. The third kappa shape index (κ3) is 4.78. The smallest absolute Gasteiger partial charge is 0.407 e. The number of alkyl carbamates (subject to hydrolysis) is 1. The van der Waals surface area contributed by atoms with Gasteiger partial charge in [-0.15, -0.1) is 0 Å². The Bertz CT molecular complexity index is 529. The van der Waals surface area contributed by atoms with Crippen LogP contribution in [0.15, 0.2) is 18.2 Å². The van der Waals surface area contributed by atoms with Crippen LogP contribution < -0.4 is 15.8 Å². The molecule has 0 radical (unpaired) electrons. The van der Waals surface area contributed by atoms with Gasteiger partial charge >= 0.3 is 6.09 Å². The van der Waals surface area contributed by atoms with Crippen LogP contribution in [-0.4, -0.2) is 31.9 Å². The van der Waals surface area contributed by atoms with Crippen LogP contribution in [0.2, 0.25) is 5.02 Å². The first-order valence-corrected chi connectivity index (χ1v) is 7.50. The van der Waals surface area contributed by atoms with E-state index in [2.05, 4.69) is 5.32 Å². The fourth-order valence-electron chi connectivity index (χ4n) is 2.10. The summed E-state index contributed by atoms with van der Waals surface area (Å²) < 4.78 is 10.6. The van der Waals surface area contributed by atoms with Crippen molar-refractivity contribution in [2.45, 2.75) is 38.7 Å². The highest BCUT2D eigenvalue weighted by Crippen LogP contribution is 2.36. The van der Waals surface area contributed by atoms with Gasteiger partial charge in [-0.1, -0.05) is 24.6 Å². The Hall–Kier alpha value is -1.46. The number of ether oxygens (including phenoxy) is 2. The number of hydrogen-bond donors (Lipinski definition) is 2. The molecule has 5 nitrogen and oxygen atoms in total. The number of hydrogen-bond acceptors (Lipinski definition) is 4. The molecule has 124 valence electrons. The summed E-state index contributed by atoms with van der Waals surface area (Å²) in [6.07, 6.45) is -0.488. The first-order chi connectivity index (χ1) is 10.1. The highest BCUT2D eigenvalue weighted by molar-refractivity contribution is 6.31. The lowest BCUT2D eigenvalue weighted by Gasteiger charge is -2.31. The van der Waals surface area contributed by atoms with E-state index in [0.717, 1.165) is 5.56 Å². The van der Waals surface area contributed by atoms with Gasteiger partial charge in [-0.2, -0.15) is 0 Å². The summed E-state index contributed by atoms with van der Waals surface area (Å²) in [6.45, 7) is 7.94. The number of benzene rings is 1. The molecule has 0 aliphatic carbocycles. The average molecular weight is 329 g/mol. The molecule has 0 heterocycles. The number of carbonyl (C=O) groups excluding carboxylic acids is 1. The summed E-state index contributed by atoms with van der Waals surface area (Å²) >= 11 is 6.31. The maximum Gasteiger partial charge on any atom is 0.407 e. The lowest BCUT2D eigenvalue weighted by Crippen LogP contribution is -2.45. The van der Waals surface area contributed by atoms with Gasteiger partial charge < -0.3 is 20.5 Å². The fourth-order valence-corrected chi connectivity index (χ4v) is 2.50. The van der Waals surface area contributed by atoms with Gasteiger partial charge in [-0.25, -0.2) is 4.79 Å². The van der Waals surface area contributed by atoms with E-state index in [-0.39, 0.29) is 0 Å². The molecule has 0 bridgehead atoms. The van der Waals surface area contributed by atoms with Gasteiger partial charge in [0.2, 0.25) is 0 Å². The lowest BCUT2D eigenvalue weighted by atomic mass is 9.81. The van der Waals surface area contributed by atoms with Gasteiger partial charge in [-0.05, 0) is 32.9 Å². The largest absolute Gasteiger partial charge is 0.496 e. The highest BCUT2D eigenvalue weighted by Gasteiger charge is 2.32. The second-order valence-electron chi connectivity index (χ2n) is 6.44. The van der Waals surface area contributed by atoms with E-state index in [1.807, 2.05) is 39.8 Å². The van der Waals surface area contributed by atoms with Gasteiger partial charge in [-0.3, -0.25) is 0 Å². The standard InChI is InChI=1S/C16H25ClN2O3/c1-15(2,3)22-14(20)19-10-16(4,9-18)13-11(17)7-6-8-12(13)21-5/h6-8H,9-10,18H2,1-5H3,(H,19,20). The molecule has 1 unspecified atom stereocenters. The van der Waals surface area contributed by atoms with Crippen LogP contribution in [0.5, 0.6) is 5.75 Å². The molecule has 1 rings (SSSR count). The van der Waals surface area contributed by atoms with Crippen molar-refractivity contribution >= 4 is 17.7 Å². The Kier molecular flexibility index (Phi) is 6.08. The van der Waals surface area contributed by atoms with Crippen LogP contribution in [0.4, 0.5) is 4.79 Å². The summed E-state index contributed by atoms with van der Waals surface area (Å²) in [5.74, 6) is 0.645. The van der Waals surface area contributed by atoms with Crippen molar-refractivity contribution in [1.29, 1.82) is 0 Å². The first kappa shape index (κ1) is 18.6. The van der Waals surface area contributed by atoms with Crippen molar-refractivity contribution < 1.29 is 14.3 Å². The molecule has 1 aromatic rings. The number of carbonyl (C=O) groups is 1. The number of methoxy groups -OCH3 is 1. The third-order valence-electron chi connectivity index (χ3n) is 3.27. The molecule has 0 saturated carbocycles. The zero-order chi connectivity index (χ0) is 17.0. The lowest BCUT2D eigenvalue weighted by molar-refractivity contribution is 0.0516. The monoisotopic (exact) mass is 328 g/mol. The molecular weight excluding hydrogens is 304 g/mol. The van der Waals surface area contributed by atoms with Crippen LogP contribution in [0.25, 0.3) is 0 Å². The van der Waals surface area contributed by atoms with Crippen LogP contribution in [0.1, 0.15) is 33.3 Å². The number of nitrogens with one attached hydrogen (secondary N) is 1. The molecular formula is C16H25ClN2O3. The quantitative estimate of drug-likeness (QED) is 0.871. The maximum atomic E-state index is 11.9. The molecule has 22 heavy (non-hydrogen) atoms. The summed E-state index contributed by atoms with van der Waals surface area (Å²) in [7, 11) is 1.58. The predicted molar refractivity (Wildman–Crippen MR) is 88.6 cm³/mol. The molecule has 0 aliphatic rings. The van der Waals surface area contributed by atoms with Crippen LogP contribution in [0, 0.1) is 0 Å². The Morgan fingerprint density at radius 2 is 1.95 bits per heavy atom. The van der Waals surface area contributed by atoms with Crippen molar-refractivity contribution in [2.24, 2.45) is 5.73 Å². The van der Waals surface area contributed by atoms with Crippen molar-refractivity contribution in [1.82, 2.24) is 5.32 Å². The molecule has 0 fully saturated rings. The van der Waals surface area contributed by atoms with Gasteiger partial charge in [0.15, 0.2) is 0 Å². The molecule has 1 aromatic carbocycles. The molecule has 0 spiro atoms. The number of rotatable bonds is 5. The topological polar surface area (TPSA) is 73.6 Å². The van der Waals surface area contributed by atoms with Gasteiger partial charge in [0.05, 0.1) is 7.11 Å². The summed E-state index contributed by atoms with van der Waals surface area (Å²) in [4.78, 5) is 11.9. The SMILES string of the molecule is COc1cccc(Cl)c1C(C)(CN)CNC(=O)OC(C)(C)C. The summed E-state index contributed by atoms with van der Waals surface area (Å²) in [5.41, 5.74) is 5.60. The number of amides is 1. The van der Waals surface area contributed by atoms with Crippen molar-refractivity contribution in [3.63, 3.8) is 0 Å².